The average molecular weight is 334 g/mol. The standard InChI is InChI=1S/C12H14ClNO3S.CH5NO/c13-10-5-4-9(8-11(10)18(16)17)12(15)14-6-2-1-3-7-14;1-2-3/h4-5,8H,1-3,6-7H2,(H,16,17);2-3H,1H3/p-1. The van der Waals surface area contributed by atoms with Crippen LogP contribution in [0.3, 0.4) is 0 Å². The van der Waals surface area contributed by atoms with Gasteiger partial charge in [0.1, 0.15) is 0 Å². The van der Waals surface area contributed by atoms with Gasteiger partial charge in [-0.25, -0.2) is 5.48 Å². The van der Waals surface area contributed by atoms with E-state index in [0.29, 0.717) is 5.56 Å². The van der Waals surface area contributed by atoms with Crippen LogP contribution < -0.4 is 5.48 Å². The molecule has 1 amide bonds. The number of hydroxylamine groups is 1. The van der Waals surface area contributed by atoms with Crippen molar-refractivity contribution in [3.8, 4) is 0 Å². The Hall–Kier alpha value is -0.990. The monoisotopic (exact) mass is 333 g/mol. The summed E-state index contributed by atoms with van der Waals surface area (Å²) in [6.07, 6.45) is 3.14. The molecule has 1 fully saturated rings. The number of nitrogens with zero attached hydrogens (tertiary/aromatic N) is 1. The summed E-state index contributed by atoms with van der Waals surface area (Å²) in [5.41, 5.74) is 2.13. The van der Waals surface area contributed by atoms with Gasteiger partial charge in [-0.05, 0) is 48.5 Å². The quantitative estimate of drug-likeness (QED) is 0.636. The molecule has 2 rings (SSSR count). The molecule has 6 nitrogen and oxygen atoms in total. The van der Waals surface area contributed by atoms with Crippen LogP contribution in [0, 0.1) is 0 Å². The highest BCUT2D eigenvalue weighted by Gasteiger charge is 2.18. The SMILES string of the molecule is CNO.O=C(c1ccc(Cl)c(S(=O)[O-])c1)N1CCCCC1. The molecular weight excluding hydrogens is 316 g/mol. The fraction of sp³-hybridized carbons (Fsp3) is 0.462. The Balaban J connectivity index is 0.000000677. The summed E-state index contributed by atoms with van der Waals surface area (Å²) < 4.78 is 21.9. The van der Waals surface area contributed by atoms with Gasteiger partial charge in [0.15, 0.2) is 0 Å². The zero-order valence-electron chi connectivity index (χ0n) is 11.7. The second kappa shape index (κ2) is 9.11. The fourth-order valence-corrected chi connectivity index (χ4v) is 2.80. The molecule has 0 saturated carbocycles. The van der Waals surface area contributed by atoms with Crippen LogP contribution in [-0.4, -0.2) is 44.9 Å². The van der Waals surface area contributed by atoms with Crippen molar-refractivity contribution in [3.63, 3.8) is 0 Å². The largest absolute Gasteiger partial charge is 0.768 e. The summed E-state index contributed by atoms with van der Waals surface area (Å²) >= 11 is 3.34. The van der Waals surface area contributed by atoms with Crippen molar-refractivity contribution in [2.75, 3.05) is 20.1 Å². The van der Waals surface area contributed by atoms with E-state index < -0.39 is 11.1 Å². The van der Waals surface area contributed by atoms with E-state index in [4.69, 9.17) is 16.8 Å². The van der Waals surface area contributed by atoms with E-state index in [1.807, 2.05) is 0 Å². The van der Waals surface area contributed by atoms with Gasteiger partial charge in [0, 0.05) is 30.6 Å². The number of carbonyl (C=O) groups is 1. The summed E-state index contributed by atoms with van der Waals surface area (Å²) in [6, 6.07) is 4.35. The van der Waals surface area contributed by atoms with E-state index in [0.717, 1.165) is 32.4 Å². The molecule has 1 aromatic carbocycles. The average Bonchev–Trinajstić information content (AvgIpc) is 2.48. The molecule has 0 spiro atoms. The molecule has 1 saturated heterocycles. The normalized spacial score (nSPS) is 15.9. The lowest BCUT2D eigenvalue weighted by Gasteiger charge is -2.27. The fourth-order valence-electron chi connectivity index (χ4n) is 2.04. The second-order valence-corrected chi connectivity index (χ2v) is 5.77. The molecule has 1 unspecified atom stereocenters. The van der Waals surface area contributed by atoms with Crippen LogP contribution >= 0.6 is 11.6 Å². The van der Waals surface area contributed by atoms with Crippen molar-refractivity contribution in [1.29, 1.82) is 0 Å². The van der Waals surface area contributed by atoms with Gasteiger partial charge in [-0.3, -0.25) is 9.00 Å². The van der Waals surface area contributed by atoms with E-state index in [2.05, 4.69) is 0 Å². The predicted octanol–water partition coefficient (Wildman–Crippen LogP) is 1.80. The van der Waals surface area contributed by atoms with Gasteiger partial charge in [-0.15, -0.1) is 0 Å². The van der Waals surface area contributed by atoms with E-state index >= 15 is 0 Å². The maximum absolute atomic E-state index is 12.2. The zero-order valence-corrected chi connectivity index (χ0v) is 13.2. The molecule has 0 aromatic heterocycles. The smallest absolute Gasteiger partial charge is 0.253 e. The maximum atomic E-state index is 12.2. The summed E-state index contributed by atoms with van der Waals surface area (Å²) in [6.45, 7) is 1.47. The highest BCUT2D eigenvalue weighted by Crippen LogP contribution is 2.22. The highest BCUT2D eigenvalue weighted by molar-refractivity contribution is 7.79. The van der Waals surface area contributed by atoms with Gasteiger partial charge >= 0.3 is 0 Å². The van der Waals surface area contributed by atoms with E-state index in [9.17, 15) is 13.6 Å². The molecular formula is C13H18ClN2O4S-. The van der Waals surface area contributed by atoms with Gasteiger partial charge in [0.05, 0.1) is 5.02 Å². The first-order valence-electron chi connectivity index (χ1n) is 6.50. The summed E-state index contributed by atoms with van der Waals surface area (Å²) in [5, 5.41) is 7.46. The van der Waals surface area contributed by atoms with Crippen LogP contribution in [0.4, 0.5) is 0 Å². The van der Waals surface area contributed by atoms with Gasteiger partial charge in [-0.1, -0.05) is 11.6 Å². The minimum absolute atomic E-state index is 0.0282. The Morgan fingerprint density at radius 1 is 1.38 bits per heavy atom. The first-order valence-corrected chi connectivity index (χ1v) is 7.95. The van der Waals surface area contributed by atoms with Gasteiger partial charge in [0.25, 0.3) is 5.91 Å². The Morgan fingerprint density at radius 2 is 1.95 bits per heavy atom. The van der Waals surface area contributed by atoms with Crippen LogP contribution in [0.5, 0.6) is 0 Å². The molecule has 0 radical (unpaired) electrons. The molecule has 2 N–H and O–H groups in total. The number of piperidine rings is 1. The van der Waals surface area contributed by atoms with Crippen molar-refractivity contribution < 1.29 is 18.8 Å². The third kappa shape index (κ3) is 5.37. The van der Waals surface area contributed by atoms with Crippen LogP contribution in [0.1, 0.15) is 29.6 Å². The number of amides is 1. The second-order valence-electron chi connectivity index (χ2n) is 4.46. The molecule has 21 heavy (non-hydrogen) atoms. The molecule has 0 bridgehead atoms. The molecule has 1 heterocycles. The lowest BCUT2D eigenvalue weighted by molar-refractivity contribution is 0.0724. The Morgan fingerprint density at radius 3 is 2.48 bits per heavy atom. The Kier molecular flexibility index (Phi) is 7.84. The molecule has 1 aliphatic heterocycles. The van der Waals surface area contributed by atoms with Crippen LogP contribution in [0.25, 0.3) is 0 Å². The van der Waals surface area contributed by atoms with Crippen molar-refractivity contribution in [2.24, 2.45) is 0 Å². The predicted molar refractivity (Wildman–Crippen MR) is 79.2 cm³/mol. The molecule has 1 aliphatic rings. The van der Waals surface area contributed by atoms with Crippen molar-refractivity contribution in [1.82, 2.24) is 10.4 Å². The van der Waals surface area contributed by atoms with Crippen molar-refractivity contribution >= 4 is 28.6 Å². The topological polar surface area (TPSA) is 92.7 Å². The Labute approximate surface area is 131 Å². The third-order valence-electron chi connectivity index (χ3n) is 3.00. The number of hydrogen-bond acceptors (Lipinski definition) is 5. The number of benzene rings is 1. The van der Waals surface area contributed by atoms with Crippen LogP contribution in [0.2, 0.25) is 5.02 Å². The molecule has 1 aromatic rings. The molecule has 118 valence electrons. The number of likely N-dealkylation sites (tertiary alicyclic amines) is 1. The number of hydrogen-bond donors (Lipinski definition) is 2. The first kappa shape index (κ1) is 18.1. The van der Waals surface area contributed by atoms with Gasteiger partial charge in [-0.2, -0.15) is 0 Å². The summed E-state index contributed by atoms with van der Waals surface area (Å²) in [5.74, 6) is -0.127. The van der Waals surface area contributed by atoms with E-state index in [-0.39, 0.29) is 15.8 Å². The van der Waals surface area contributed by atoms with Crippen LogP contribution in [-0.2, 0) is 11.1 Å². The van der Waals surface area contributed by atoms with Crippen molar-refractivity contribution in [2.45, 2.75) is 24.2 Å². The highest BCUT2D eigenvalue weighted by atomic mass is 35.5. The van der Waals surface area contributed by atoms with Crippen molar-refractivity contribution in [3.05, 3.63) is 28.8 Å². The van der Waals surface area contributed by atoms with E-state index in [1.54, 1.807) is 16.4 Å². The van der Waals surface area contributed by atoms with Crippen LogP contribution in [0.15, 0.2) is 23.1 Å². The lowest BCUT2D eigenvalue weighted by Crippen LogP contribution is -2.35. The van der Waals surface area contributed by atoms with Gasteiger partial charge in [0.2, 0.25) is 0 Å². The minimum atomic E-state index is -2.42. The summed E-state index contributed by atoms with van der Waals surface area (Å²) in [7, 11) is 1.43. The van der Waals surface area contributed by atoms with E-state index in [1.165, 1.54) is 19.2 Å². The molecule has 8 heteroatoms. The number of halogens is 1. The van der Waals surface area contributed by atoms with Gasteiger partial charge < -0.3 is 14.7 Å². The number of carbonyl (C=O) groups excluding carboxylic acids is 1. The molecule has 0 aliphatic carbocycles. The third-order valence-corrected chi connectivity index (χ3v) is 4.14. The zero-order chi connectivity index (χ0) is 15.8. The number of rotatable bonds is 2. The maximum Gasteiger partial charge on any atom is 0.253 e. The summed E-state index contributed by atoms with van der Waals surface area (Å²) in [4.78, 5) is 13.9. The Bertz CT molecular complexity index is 507. The number of nitrogens with one attached hydrogen (secondary N) is 1. The molecule has 1 atom stereocenters. The first-order chi connectivity index (χ1) is 10.0. The lowest BCUT2D eigenvalue weighted by atomic mass is 10.1. The minimum Gasteiger partial charge on any atom is -0.768 e.